The summed E-state index contributed by atoms with van der Waals surface area (Å²) < 4.78 is 1.72. The van der Waals surface area contributed by atoms with Gasteiger partial charge >= 0.3 is 5.97 Å². The van der Waals surface area contributed by atoms with Crippen molar-refractivity contribution < 1.29 is 9.90 Å². The summed E-state index contributed by atoms with van der Waals surface area (Å²) in [5, 5.41) is 9.14. The van der Waals surface area contributed by atoms with Crippen LogP contribution in [0.15, 0.2) is 24.4 Å². The largest absolute Gasteiger partial charge is 0.475 e. The van der Waals surface area contributed by atoms with Crippen molar-refractivity contribution in [3.05, 3.63) is 30.2 Å². The molecule has 1 fully saturated rings. The van der Waals surface area contributed by atoms with Crippen molar-refractivity contribution in [1.82, 2.24) is 9.38 Å². The summed E-state index contributed by atoms with van der Waals surface area (Å²) in [6.45, 7) is 1.96. The van der Waals surface area contributed by atoms with E-state index in [1.807, 2.05) is 18.2 Å². The van der Waals surface area contributed by atoms with E-state index in [0.717, 1.165) is 37.3 Å². The molecule has 17 heavy (non-hydrogen) atoms. The molecule has 1 N–H and O–H groups in total. The number of nitrogens with zero attached hydrogens (tertiary/aromatic N) is 3. The van der Waals surface area contributed by atoms with E-state index in [1.165, 1.54) is 0 Å². The third-order valence-corrected chi connectivity index (χ3v) is 3.15. The first-order chi connectivity index (χ1) is 8.27. The maximum absolute atomic E-state index is 11.1. The highest BCUT2D eigenvalue weighted by molar-refractivity contribution is 5.86. The molecular weight excluding hydrogens is 218 g/mol. The molecule has 0 bridgehead atoms. The van der Waals surface area contributed by atoms with Gasteiger partial charge in [-0.25, -0.2) is 9.78 Å². The van der Waals surface area contributed by atoms with Crippen LogP contribution in [0, 0.1) is 0 Å². The maximum Gasteiger partial charge on any atom is 0.372 e. The minimum atomic E-state index is -0.989. The molecule has 0 atom stereocenters. The van der Waals surface area contributed by atoms with Crippen LogP contribution in [0.2, 0.25) is 0 Å². The molecule has 88 valence electrons. The van der Waals surface area contributed by atoms with Crippen LogP contribution in [-0.2, 0) is 0 Å². The van der Waals surface area contributed by atoms with Crippen LogP contribution < -0.4 is 4.90 Å². The molecule has 3 heterocycles. The van der Waals surface area contributed by atoms with Crippen LogP contribution >= 0.6 is 0 Å². The van der Waals surface area contributed by atoms with Gasteiger partial charge in [0.25, 0.3) is 0 Å². The molecule has 0 radical (unpaired) electrons. The Morgan fingerprint density at radius 3 is 2.76 bits per heavy atom. The van der Waals surface area contributed by atoms with Crippen molar-refractivity contribution in [2.24, 2.45) is 0 Å². The molecule has 5 heteroatoms. The Bertz CT molecular complexity index is 570. The fraction of sp³-hybridized carbons (Fsp3) is 0.333. The van der Waals surface area contributed by atoms with Gasteiger partial charge in [0.1, 0.15) is 5.82 Å². The average molecular weight is 231 g/mol. The van der Waals surface area contributed by atoms with Crippen LogP contribution in [0.1, 0.15) is 23.5 Å². The highest BCUT2D eigenvalue weighted by atomic mass is 16.4. The second-order valence-electron chi connectivity index (χ2n) is 4.23. The van der Waals surface area contributed by atoms with Gasteiger partial charge in [0, 0.05) is 13.1 Å². The maximum atomic E-state index is 11.1. The first-order valence-corrected chi connectivity index (χ1v) is 5.72. The van der Waals surface area contributed by atoms with Gasteiger partial charge in [-0.2, -0.15) is 0 Å². The Hall–Kier alpha value is -2.04. The third-order valence-electron chi connectivity index (χ3n) is 3.15. The summed E-state index contributed by atoms with van der Waals surface area (Å²) in [5.41, 5.74) is 0.826. The fourth-order valence-electron chi connectivity index (χ4n) is 2.37. The van der Waals surface area contributed by atoms with Crippen LogP contribution in [0.4, 0.5) is 5.82 Å². The van der Waals surface area contributed by atoms with Gasteiger partial charge in [-0.1, -0.05) is 6.07 Å². The molecule has 0 spiro atoms. The molecule has 1 saturated heterocycles. The summed E-state index contributed by atoms with van der Waals surface area (Å²) in [6, 6.07) is 5.77. The number of pyridine rings is 1. The number of carbonyl (C=O) groups is 1. The zero-order chi connectivity index (χ0) is 11.8. The number of imidazole rings is 1. The fourth-order valence-corrected chi connectivity index (χ4v) is 2.37. The molecule has 2 aromatic heterocycles. The van der Waals surface area contributed by atoms with Gasteiger partial charge in [-0.3, -0.25) is 4.40 Å². The molecule has 0 aliphatic carbocycles. The molecule has 0 amide bonds. The zero-order valence-corrected chi connectivity index (χ0v) is 9.33. The molecule has 0 saturated carbocycles. The number of aromatic nitrogens is 2. The zero-order valence-electron chi connectivity index (χ0n) is 9.33. The van der Waals surface area contributed by atoms with Crippen molar-refractivity contribution in [1.29, 1.82) is 0 Å². The average Bonchev–Trinajstić information content (AvgIpc) is 2.97. The number of aromatic carboxylic acids is 1. The van der Waals surface area contributed by atoms with E-state index in [1.54, 1.807) is 10.6 Å². The molecule has 1 aliphatic rings. The number of hydrogen-bond acceptors (Lipinski definition) is 3. The predicted octanol–water partition coefficient (Wildman–Crippen LogP) is 1.63. The van der Waals surface area contributed by atoms with E-state index < -0.39 is 5.97 Å². The lowest BCUT2D eigenvalue weighted by atomic mass is 10.3. The van der Waals surface area contributed by atoms with Gasteiger partial charge in [0.15, 0.2) is 0 Å². The Balaban J connectivity index is 2.22. The number of hydrogen-bond donors (Lipinski definition) is 1. The number of carboxylic acid groups (broad SMARTS) is 1. The van der Waals surface area contributed by atoms with E-state index in [4.69, 9.17) is 5.11 Å². The Kier molecular flexibility index (Phi) is 2.24. The highest BCUT2D eigenvalue weighted by Gasteiger charge is 2.19. The molecule has 0 aromatic carbocycles. The summed E-state index contributed by atoms with van der Waals surface area (Å²) in [5.74, 6) is 0.0223. The van der Waals surface area contributed by atoms with E-state index in [2.05, 4.69) is 9.88 Å². The lowest BCUT2D eigenvalue weighted by Gasteiger charge is -2.19. The van der Waals surface area contributed by atoms with Crippen LogP contribution in [0.5, 0.6) is 0 Å². The minimum Gasteiger partial charge on any atom is -0.475 e. The molecular formula is C12H13N3O2. The third kappa shape index (κ3) is 1.54. The van der Waals surface area contributed by atoms with Crippen molar-refractivity contribution >= 4 is 17.3 Å². The molecule has 2 aromatic rings. The Labute approximate surface area is 98.3 Å². The smallest absolute Gasteiger partial charge is 0.372 e. The number of carboxylic acids is 1. The molecule has 5 nitrogen and oxygen atoms in total. The van der Waals surface area contributed by atoms with E-state index in [0.29, 0.717) is 0 Å². The van der Waals surface area contributed by atoms with Gasteiger partial charge in [-0.05, 0) is 25.0 Å². The van der Waals surface area contributed by atoms with E-state index >= 15 is 0 Å². The van der Waals surface area contributed by atoms with Crippen LogP contribution in [0.3, 0.4) is 0 Å². The van der Waals surface area contributed by atoms with Crippen molar-refractivity contribution in [3.63, 3.8) is 0 Å². The first kappa shape index (κ1) is 10.1. The standard InChI is InChI=1S/C12H13N3O2/c16-12(17)11-13-8-9-4-3-5-10(15(9)11)14-6-1-2-7-14/h3-5,8H,1-2,6-7H2,(H,16,17). The summed E-state index contributed by atoms with van der Waals surface area (Å²) in [6.07, 6.45) is 3.92. The Morgan fingerprint density at radius 2 is 2.06 bits per heavy atom. The van der Waals surface area contributed by atoms with Crippen molar-refractivity contribution in [3.8, 4) is 0 Å². The quantitative estimate of drug-likeness (QED) is 0.853. The van der Waals surface area contributed by atoms with Gasteiger partial charge in [0.2, 0.25) is 5.82 Å². The molecule has 1 aliphatic heterocycles. The Morgan fingerprint density at radius 1 is 1.29 bits per heavy atom. The minimum absolute atomic E-state index is 0.0856. The van der Waals surface area contributed by atoms with Crippen molar-refractivity contribution in [2.75, 3.05) is 18.0 Å². The first-order valence-electron chi connectivity index (χ1n) is 5.72. The topological polar surface area (TPSA) is 57.8 Å². The van der Waals surface area contributed by atoms with Crippen LogP contribution in [-0.4, -0.2) is 33.6 Å². The summed E-state index contributed by atoms with van der Waals surface area (Å²) in [4.78, 5) is 17.3. The van der Waals surface area contributed by atoms with Gasteiger partial charge in [-0.15, -0.1) is 0 Å². The highest BCUT2D eigenvalue weighted by Crippen LogP contribution is 2.23. The number of fused-ring (bicyclic) bond motifs is 1. The van der Waals surface area contributed by atoms with Gasteiger partial charge < -0.3 is 10.0 Å². The number of rotatable bonds is 2. The molecule has 3 rings (SSSR count). The summed E-state index contributed by atoms with van der Waals surface area (Å²) in [7, 11) is 0. The van der Waals surface area contributed by atoms with Crippen molar-refractivity contribution in [2.45, 2.75) is 12.8 Å². The number of anilines is 1. The van der Waals surface area contributed by atoms with E-state index in [-0.39, 0.29) is 5.82 Å². The van der Waals surface area contributed by atoms with Gasteiger partial charge in [0.05, 0.1) is 11.7 Å². The predicted molar refractivity (Wildman–Crippen MR) is 63.6 cm³/mol. The molecule has 0 unspecified atom stereocenters. The normalized spacial score (nSPS) is 15.6. The second kappa shape index (κ2) is 3.76. The lowest BCUT2D eigenvalue weighted by Crippen LogP contribution is -2.21. The summed E-state index contributed by atoms with van der Waals surface area (Å²) >= 11 is 0. The SMILES string of the molecule is O=C(O)c1ncc2cccc(N3CCCC3)n12. The second-order valence-corrected chi connectivity index (χ2v) is 4.23. The van der Waals surface area contributed by atoms with E-state index in [9.17, 15) is 4.79 Å². The lowest BCUT2D eigenvalue weighted by molar-refractivity contribution is 0.0683. The van der Waals surface area contributed by atoms with Crippen LogP contribution in [0.25, 0.3) is 5.52 Å². The monoisotopic (exact) mass is 231 g/mol.